The molecular weight excluding hydrogens is 591 g/mol. The molecule has 1 atom stereocenters. The molecule has 0 aromatic heterocycles. The highest BCUT2D eigenvalue weighted by Gasteiger charge is 2.51. The van der Waals surface area contributed by atoms with Gasteiger partial charge in [-0.1, -0.05) is 134 Å². The van der Waals surface area contributed by atoms with Crippen LogP contribution in [0.3, 0.4) is 0 Å². The highest BCUT2D eigenvalue weighted by Crippen LogP contribution is 2.44. The SMILES string of the molecule is C[Si]1(C)c2ccccc2N(c2ccc3c(c2)Sc2cccc4c2[Si]3(c2ccccc2)c2ccccc2S4)c2ccccc21. The lowest BCUT2D eigenvalue weighted by molar-refractivity contribution is 1.26. The first-order chi connectivity index (χ1) is 21.1. The maximum atomic E-state index is 2.52. The third-order valence-corrected chi connectivity index (χ3v) is 21.1. The van der Waals surface area contributed by atoms with E-state index in [9.17, 15) is 0 Å². The van der Waals surface area contributed by atoms with Gasteiger partial charge < -0.3 is 4.90 Å². The third kappa shape index (κ3) is 3.48. The second-order valence-corrected chi connectivity index (χ2v) is 22.3. The van der Waals surface area contributed by atoms with Crippen LogP contribution in [-0.4, -0.2) is 16.1 Å². The maximum Gasteiger partial charge on any atom is 0.184 e. The standard InChI is InChI=1S/C38H29NS2Si2/c1-42(2)34-20-9-6-15-28(34)39(29-16-7-10-21-35(29)42)26-23-24-37-33(25-26)41-32-19-12-18-31-38(32)43(37,27-13-4-3-5-14-27)36-22-11-8-17-30(36)40-31/h3-25H,1-2H3. The van der Waals surface area contributed by atoms with E-state index in [4.69, 9.17) is 0 Å². The highest BCUT2D eigenvalue weighted by atomic mass is 32.2. The first kappa shape index (κ1) is 25.7. The molecule has 5 heteroatoms. The Hall–Kier alpha value is -3.75. The van der Waals surface area contributed by atoms with Crippen LogP contribution in [0.15, 0.2) is 159 Å². The van der Waals surface area contributed by atoms with Crippen molar-refractivity contribution in [3.05, 3.63) is 140 Å². The summed E-state index contributed by atoms with van der Waals surface area (Å²) in [6, 6.07) is 53.1. The van der Waals surface area contributed by atoms with Crippen molar-refractivity contribution in [3.63, 3.8) is 0 Å². The van der Waals surface area contributed by atoms with Crippen molar-refractivity contribution in [1.82, 2.24) is 0 Å². The largest absolute Gasteiger partial charge is 0.311 e. The van der Waals surface area contributed by atoms with Gasteiger partial charge in [-0.25, -0.2) is 0 Å². The summed E-state index contributed by atoms with van der Waals surface area (Å²) in [5, 5.41) is 9.06. The topological polar surface area (TPSA) is 3.24 Å². The molecule has 206 valence electrons. The Labute approximate surface area is 263 Å². The molecule has 9 rings (SSSR count). The van der Waals surface area contributed by atoms with Gasteiger partial charge in [0.05, 0.1) is 0 Å². The van der Waals surface area contributed by atoms with E-state index in [-0.39, 0.29) is 0 Å². The van der Waals surface area contributed by atoms with Gasteiger partial charge in [-0.05, 0) is 73.6 Å². The first-order valence-electron chi connectivity index (χ1n) is 14.9. The van der Waals surface area contributed by atoms with E-state index in [0.717, 1.165) is 0 Å². The summed E-state index contributed by atoms with van der Waals surface area (Å²) in [5.41, 5.74) is 3.90. The summed E-state index contributed by atoms with van der Waals surface area (Å²) in [4.78, 5) is 8.14. The van der Waals surface area contributed by atoms with Crippen LogP contribution in [-0.2, 0) is 0 Å². The molecule has 3 aliphatic rings. The van der Waals surface area contributed by atoms with Crippen molar-refractivity contribution in [2.24, 2.45) is 0 Å². The molecule has 0 saturated carbocycles. The van der Waals surface area contributed by atoms with Crippen LogP contribution < -0.4 is 36.0 Å². The predicted octanol–water partition coefficient (Wildman–Crippen LogP) is 6.60. The number of hydrogen-bond acceptors (Lipinski definition) is 3. The summed E-state index contributed by atoms with van der Waals surface area (Å²) in [6.07, 6.45) is 0. The minimum Gasteiger partial charge on any atom is -0.311 e. The van der Waals surface area contributed by atoms with Crippen molar-refractivity contribution in [2.75, 3.05) is 4.90 Å². The van der Waals surface area contributed by atoms with Gasteiger partial charge in [0.2, 0.25) is 0 Å². The normalized spacial score (nSPS) is 18.5. The number of benzene rings is 6. The minimum absolute atomic E-state index is 1.24. The highest BCUT2D eigenvalue weighted by molar-refractivity contribution is 8.01. The third-order valence-electron chi connectivity index (χ3n) is 9.56. The summed E-state index contributed by atoms with van der Waals surface area (Å²) in [6.45, 7) is 4.99. The molecule has 3 heterocycles. The zero-order valence-corrected chi connectivity index (χ0v) is 27.7. The van der Waals surface area contributed by atoms with Crippen molar-refractivity contribution in [1.29, 1.82) is 0 Å². The van der Waals surface area contributed by atoms with Crippen LogP contribution in [0.1, 0.15) is 0 Å². The summed E-state index contributed by atoms with van der Waals surface area (Å²) < 4.78 is 0. The van der Waals surface area contributed by atoms with Crippen LogP contribution >= 0.6 is 23.5 Å². The monoisotopic (exact) mass is 619 g/mol. The number of fused-ring (bicyclic) bond motifs is 6. The molecule has 0 fully saturated rings. The van der Waals surface area contributed by atoms with Crippen molar-refractivity contribution < 1.29 is 0 Å². The van der Waals surface area contributed by atoms with E-state index in [1.54, 1.807) is 5.19 Å². The van der Waals surface area contributed by atoms with Crippen LogP contribution in [0.4, 0.5) is 17.1 Å². The maximum absolute atomic E-state index is 2.54. The van der Waals surface area contributed by atoms with E-state index in [1.807, 2.05) is 23.5 Å². The Morgan fingerprint density at radius 2 is 1.00 bits per heavy atom. The van der Waals surface area contributed by atoms with Gasteiger partial charge >= 0.3 is 0 Å². The number of anilines is 3. The van der Waals surface area contributed by atoms with Crippen molar-refractivity contribution in [3.8, 4) is 0 Å². The molecule has 43 heavy (non-hydrogen) atoms. The minimum atomic E-state index is -2.54. The molecule has 3 aliphatic heterocycles. The average molecular weight is 620 g/mol. The summed E-state index contributed by atoms with van der Waals surface area (Å²) in [5.74, 6) is 0. The van der Waals surface area contributed by atoms with Crippen LogP contribution in [0.5, 0.6) is 0 Å². The van der Waals surface area contributed by atoms with Gasteiger partial charge in [-0.15, -0.1) is 0 Å². The van der Waals surface area contributed by atoms with Gasteiger partial charge in [-0.3, -0.25) is 0 Å². The quantitative estimate of drug-likeness (QED) is 0.201. The van der Waals surface area contributed by atoms with Crippen molar-refractivity contribution >= 4 is 87.9 Å². The Morgan fingerprint density at radius 1 is 0.465 bits per heavy atom. The Morgan fingerprint density at radius 3 is 1.70 bits per heavy atom. The van der Waals surface area contributed by atoms with Crippen molar-refractivity contribution in [2.45, 2.75) is 32.7 Å². The van der Waals surface area contributed by atoms with Gasteiger partial charge in [0.1, 0.15) is 8.07 Å². The van der Waals surface area contributed by atoms with Gasteiger partial charge in [0.15, 0.2) is 8.07 Å². The van der Waals surface area contributed by atoms with E-state index in [2.05, 4.69) is 158 Å². The lowest BCUT2D eigenvalue weighted by Crippen LogP contribution is -2.78. The first-order valence-corrected chi connectivity index (χ1v) is 21.5. The van der Waals surface area contributed by atoms with Crippen LogP contribution in [0.2, 0.25) is 13.1 Å². The molecule has 0 amide bonds. The van der Waals surface area contributed by atoms with E-state index >= 15 is 0 Å². The molecule has 0 spiro atoms. The summed E-state index contributed by atoms with van der Waals surface area (Å²) in [7, 11) is -4.38. The molecule has 0 aliphatic carbocycles. The molecule has 6 aromatic carbocycles. The second kappa shape index (κ2) is 9.37. The predicted molar refractivity (Wildman–Crippen MR) is 190 cm³/mol. The molecule has 0 saturated heterocycles. The average Bonchev–Trinajstić information content (AvgIpc) is 3.05. The molecule has 0 N–H and O–H groups in total. The fourth-order valence-corrected chi connectivity index (χ4v) is 20.0. The number of hydrogen-bond donors (Lipinski definition) is 0. The smallest absolute Gasteiger partial charge is 0.184 e. The van der Waals surface area contributed by atoms with Crippen LogP contribution in [0.25, 0.3) is 0 Å². The Kier molecular flexibility index (Phi) is 5.61. The molecule has 0 radical (unpaired) electrons. The second-order valence-electron chi connectivity index (χ2n) is 12.1. The van der Waals surface area contributed by atoms with Gasteiger partial charge in [-0.2, -0.15) is 0 Å². The number of para-hydroxylation sites is 2. The number of rotatable bonds is 2. The lowest BCUT2D eigenvalue weighted by Gasteiger charge is -2.45. The number of nitrogens with zero attached hydrogens (tertiary/aromatic N) is 1. The molecular formula is C38H29NS2Si2. The summed E-state index contributed by atoms with van der Waals surface area (Å²) >= 11 is 3.91. The Bertz CT molecular complexity index is 2040. The van der Waals surface area contributed by atoms with E-state index in [0.29, 0.717) is 0 Å². The molecule has 1 unspecified atom stereocenters. The zero-order chi connectivity index (χ0) is 28.8. The molecule has 1 nitrogen and oxygen atoms in total. The fraction of sp³-hybridized carbons (Fsp3) is 0.0526. The Balaban J connectivity index is 1.33. The van der Waals surface area contributed by atoms with Crippen LogP contribution in [0, 0.1) is 0 Å². The zero-order valence-electron chi connectivity index (χ0n) is 24.0. The fourth-order valence-electron chi connectivity index (χ4n) is 7.70. The lowest BCUT2D eigenvalue weighted by atomic mass is 10.2. The van der Waals surface area contributed by atoms with Gasteiger partial charge in [0.25, 0.3) is 0 Å². The van der Waals surface area contributed by atoms with E-state index in [1.165, 1.54) is 62.6 Å². The molecule has 6 aromatic rings. The van der Waals surface area contributed by atoms with E-state index < -0.39 is 16.1 Å². The molecule has 0 bridgehead atoms. The van der Waals surface area contributed by atoms with Gasteiger partial charge in [0, 0.05) is 36.6 Å².